The Kier molecular flexibility index (Phi) is 5.20. The van der Waals surface area contributed by atoms with E-state index in [-0.39, 0.29) is 23.3 Å². The van der Waals surface area contributed by atoms with Gasteiger partial charge in [0.2, 0.25) is 15.9 Å². The molecule has 0 aliphatic carbocycles. The van der Waals surface area contributed by atoms with Crippen LogP contribution >= 0.6 is 0 Å². The van der Waals surface area contributed by atoms with E-state index >= 15 is 0 Å². The van der Waals surface area contributed by atoms with Crippen LogP contribution in [0.1, 0.15) is 13.3 Å². The van der Waals surface area contributed by atoms with Crippen LogP contribution in [0.5, 0.6) is 0 Å². The normalized spacial score (nSPS) is 18.2. The lowest BCUT2D eigenvalue weighted by Crippen LogP contribution is -2.34. The van der Waals surface area contributed by atoms with Crippen LogP contribution < -0.4 is 5.32 Å². The zero-order valence-electron chi connectivity index (χ0n) is 14.2. The molecular formula is C19H22N2O3S. The maximum absolute atomic E-state index is 12.8. The average Bonchev–Trinajstić information content (AvgIpc) is 3.14. The second-order valence-electron chi connectivity index (χ2n) is 6.13. The fourth-order valence-electron chi connectivity index (χ4n) is 3.08. The van der Waals surface area contributed by atoms with Crippen molar-refractivity contribution in [2.45, 2.75) is 18.2 Å². The highest BCUT2D eigenvalue weighted by Crippen LogP contribution is 2.26. The van der Waals surface area contributed by atoms with Crippen molar-refractivity contribution in [1.82, 2.24) is 9.62 Å². The Morgan fingerprint density at radius 3 is 2.36 bits per heavy atom. The van der Waals surface area contributed by atoms with Crippen LogP contribution in [0.3, 0.4) is 0 Å². The quantitative estimate of drug-likeness (QED) is 0.893. The smallest absolute Gasteiger partial charge is 0.243 e. The third-order valence-electron chi connectivity index (χ3n) is 4.47. The summed E-state index contributed by atoms with van der Waals surface area (Å²) in [5.74, 6) is -0.335. The van der Waals surface area contributed by atoms with Gasteiger partial charge in [0.1, 0.15) is 0 Å². The number of amides is 1. The standard InChI is InChI=1S/C19H22N2O3S/c1-2-20-19(22)17-12-13-21(14-17)25(23,24)18-10-8-16(9-11-18)15-6-4-3-5-7-15/h3-11,17H,2,12-14H2,1H3,(H,20,22). The summed E-state index contributed by atoms with van der Waals surface area (Å²) < 4.78 is 27.0. The number of rotatable bonds is 5. The van der Waals surface area contributed by atoms with Gasteiger partial charge in [0.05, 0.1) is 10.8 Å². The minimum absolute atomic E-state index is 0.0698. The summed E-state index contributed by atoms with van der Waals surface area (Å²) in [6.45, 7) is 3.04. The molecule has 1 heterocycles. The van der Waals surface area contributed by atoms with Crippen molar-refractivity contribution in [2.24, 2.45) is 5.92 Å². The predicted molar refractivity (Wildman–Crippen MR) is 97.4 cm³/mol. The van der Waals surface area contributed by atoms with E-state index in [9.17, 15) is 13.2 Å². The molecule has 1 aliphatic rings. The Bertz CT molecular complexity index is 833. The van der Waals surface area contributed by atoms with Gasteiger partial charge in [0.25, 0.3) is 0 Å². The Morgan fingerprint density at radius 2 is 1.72 bits per heavy atom. The molecule has 1 fully saturated rings. The minimum atomic E-state index is -3.57. The summed E-state index contributed by atoms with van der Waals surface area (Å²) in [6, 6.07) is 16.7. The summed E-state index contributed by atoms with van der Waals surface area (Å²) in [4.78, 5) is 12.2. The molecule has 1 saturated heterocycles. The van der Waals surface area contributed by atoms with Crippen LogP contribution in [0, 0.1) is 5.92 Å². The van der Waals surface area contributed by atoms with Gasteiger partial charge >= 0.3 is 0 Å². The van der Waals surface area contributed by atoms with Crippen LogP contribution in [0.25, 0.3) is 11.1 Å². The molecule has 1 unspecified atom stereocenters. The number of hydrogen-bond donors (Lipinski definition) is 1. The zero-order valence-corrected chi connectivity index (χ0v) is 15.0. The first kappa shape index (κ1) is 17.6. The van der Waals surface area contributed by atoms with Gasteiger partial charge in [0.15, 0.2) is 0 Å². The second-order valence-corrected chi connectivity index (χ2v) is 8.07. The van der Waals surface area contributed by atoms with Gasteiger partial charge in [-0.2, -0.15) is 4.31 Å². The minimum Gasteiger partial charge on any atom is -0.356 e. The van der Waals surface area contributed by atoms with Crippen molar-refractivity contribution in [3.05, 3.63) is 54.6 Å². The largest absolute Gasteiger partial charge is 0.356 e. The van der Waals surface area contributed by atoms with Crippen LogP contribution in [0.2, 0.25) is 0 Å². The molecule has 1 aliphatic heterocycles. The highest BCUT2D eigenvalue weighted by Gasteiger charge is 2.35. The number of sulfonamides is 1. The van der Waals surface area contributed by atoms with Crippen molar-refractivity contribution in [3.63, 3.8) is 0 Å². The molecule has 2 aromatic carbocycles. The summed E-state index contributed by atoms with van der Waals surface area (Å²) in [5.41, 5.74) is 2.02. The Balaban J connectivity index is 1.76. The zero-order chi connectivity index (χ0) is 17.9. The molecular weight excluding hydrogens is 336 g/mol. The lowest BCUT2D eigenvalue weighted by molar-refractivity contribution is -0.124. The fourth-order valence-corrected chi connectivity index (χ4v) is 4.58. The van der Waals surface area contributed by atoms with Gasteiger partial charge in [-0.15, -0.1) is 0 Å². The van der Waals surface area contributed by atoms with Crippen LogP contribution in [0.15, 0.2) is 59.5 Å². The summed E-state index contributed by atoms with van der Waals surface area (Å²) in [6.07, 6.45) is 0.563. The van der Waals surface area contributed by atoms with Crippen LogP contribution in [-0.2, 0) is 14.8 Å². The molecule has 1 atom stereocenters. The lowest BCUT2D eigenvalue weighted by Gasteiger charge is -2.17. The number of nitrogens with zero attached hydrogens (tertiary/aromatic N) is 1. The third-order valence-corrected chi connectivity index (χ3v) is 6.35. The predicted octanol–water partition coefficient (Wildman–Crippen LogP) is 2.50. The van der Waals surface area contributed by atoms with Crippen molar-refractivity contribution < 1.29 is 13.2 Å². The van der Waals surface area contributed by atoms with Gasteiger partial charge in [-0.25, -0.2) is 8.42 Å². The molecule has 2 aromatic rings. The number of hydrogen-bond acceptors (Lipinski definition) is 3. The van der Waals surface area contributed by atoms with Gasteiger partial charge in [-0.1, -0.05) is 42.5 Å². The van der Waals surface area contributed by atoms with Gasteiger partial charge < -0.3 is 5.32 Å². The fraction of sp³-hybridized carbons (Fsp3) is 0.316. The summed E-state index contributed by atoms with van der Waals surface area (Å²) >= 11 is 0. The van der Waals surface area contributed by atoms with E-state index in [0.717, 1.165) is 11.1 Å². The highest BCUT2D eigenvalue weighted by atomic mass is 32.2. The second kappa shape index (κ2) is 7.37. The first-order valence-electron chi connectivity index (χ1n) is 8.45. The molecule has 3 rings (SSSR count). The van der Waals surface area contributed by atoms with Crippen molar-refractivity contribution in [2.75, 3.05) is 19.6 Å². The monoisotopic (exact) mass is 358 g/mol. The molecule has 0 aromatic heterocycles. The van der Waals surface area contributed by atoms with E-state index in [1.54, 1.807) is 12.1 Å². The molecule has 25 heavy (non-hydrogen) atoms. The number of benzene rings is 2. The maximum atomic E-state index is 12.8. The molecule has 0 bridgehead atoms. The molecule has 132 valence electrons. The SMILES string of the molecule is CCNC(=O)C1CCN(S(=O)(=O)c2ccc(-c3ccccc3)cc2)C1. The topological polar surface area (TPSA) is 66.5 Å². The molecule has 0 spiro atoms. The third kappa shape index (κ3) is 3.75. The number of nitrogens with one attached hydrogen (secondary N) is 1. The molecule has 6 heteroatoms. The van der Waals surface area contributed by atoms with Crippen molar-refractivity contribution in [1.29, 1.82) is 0 Å². The van der Waals surface area contributed by atoms with E-state index in [2.05, 4.69) is 5.32 Å². The van der Waals surface area contributed by atoms with E-state index < -0.39 is 10.0 Å². The van der Waals surface area contributed by atoms with Crippen LogP contribution in [0.4, 0.5) is 0 Å². The first-order chi connectivity index (χ1) is 12.0. The van der Waals surface area contributed by atoms with E-state index in [1.165, 1.54) is 4.31 Å². The van der Waals surface area contributed by atoms with E-state index in [1.807, 2.05) is 49.4 Å². The van der Waals surface area contributed by atoms with E-state index in [4.69, 9.17) is 0 Å². The molecule has 0 saturated carbocycles. The summed E-state index contributed by atoms with van der Waals surface area (Å²) in [7, 11) is -3.57. The lowest BCUT2D eigenvalue weighted by atomic mass is 10.1. The highest BCUT2D eigenvalue weighted by molar-refractivity contribution is 7.89. The molecule has 1 amide bonds. The molecule has 0 radical (unpaired) electrons. The van der Waals surface area contributed by atoms with Gasteiger partial charge in [-0.05, 0) is 36.6 Å². The number of carbonyl (C=O) groups excluding carboxylic acids is 1. The van der Waals surface area contributed by atoms with E-state index in [0.29, 0.717) is 19.5 Å². The Labute approximate surface area is 148 Å². The number of carbonyl (C=O) groups is 1. The Morgan fingerprint density at radius 1 is 1.08 bits per heavy atom. The van der Waals surface area contributed by atoms with Crippen molar-refractivity contribution >= 4 is 15.9 Å². The van der Waals surface area contributed by atoms with Crippen molar-refractivity contribution in [3.8, 4) is 11.1 Å². The maximum Gasteiger partial charge on any atom is 0.243 e. The summed E-state index contributed by atoms with van der Waals surface area (Å²) in [5, 5.41) is 2.76. The molecule has 1 N–H and O–H groups in total. The molecule has 5 nitrogen and oxygen atoms in total. The van der Waals surface area contributed by atoms with Gasteiger partial charge in [0, 0.05) is 19.6 Å². The Hall–Kier alpha value is -2.18. The van der Waals surface area contributed by atoms with Gasteiger partial charge in [-0.3, -0.25) is 4.79 Å². The van der Waals surface area contributed by atoms with Crippen LogP contribution in [-0.4, -0.2) is 38.3 Å². The first-order valence-corrected chi connectivity index (χ1v) is 9.89. The average molecular weight is 358 g/mol.